The predicted octanol–water partition coefficient (Wildman–Crippen LogP) is 3.36. The van der Waals surface area contributed by atoms with Crippen LogP contribution >= 0.6 is 0 Å². The first-order chi connectivity index (χ1) is 10.7. The molecule has 0 bridgehead atoms. The van der Waals surface area contributed by atoms with Crippen LogP contribution in [-0.2, 0) is 14.9 Å². The number of carboxylic acid groups (broad SMARTS) is 1. The summed E-state index contributed by atoms with van der Waals surface area (Å²) in [5.74, 6) is -0.591. The van der Waals surface area contributed by atoms with Gasteiger partial charge < -0.3 is 15.2 Å². The lowest BCUT2D eigenvalue weighted by molar-refractivity contribution is -0.146. The van der Waals surface area contributed by atoms with Gasteiger partial charge in [-0.15, -0.1) is 0 Å². The summed E-state index contributed by atoms with van der Waals surface area (Å²) < 4.78 is 5.36. The first-order valence-corrected chi connectivity index (χ1v) is 7.24. The number of amides is 1. The average molecular weight is 317 g/mol. The maximum atomic E-state index is 11.6. The van der Waals surface area contributed by atoms with E-state index in [9.17, 15) is 9.59 Å². The Labute approximate surface area is 136 Å². The van der Waals surface area contributed by atoms with Crippen LogP contribution in [0.4, 0.5) is 4.79 Å². The van der Waals surface area contributed by atoms with Gasteiger partial charge >= 0.3 is 12.1 Å². The largest absolute Gasteiger partial charge is 0.465 e. The third-order valence-electron chi connectivity index (χ3n) is 3.77. The fourth-order valence-electron chi connectivity index (χ4n) is 2.18. The molecular weight excluding hydrogens is 294 g/mol. The molecule has 0 aliphatic heterocycles. The highest BCUT2D eigenvalue weighted by molar-refractivity contribution is 5.81. The topological polar surface area (TPSA) is 75.6 Å². The average Bonchev–Trinajstić information content (AvgIpc) is 2.50. The van der Waals surface area contributed by atoms with Gasteiger partial charge in [0.2, 0.25) is 0 Å². The Morgan fingerprint density at radius 1 is 1.43 bits per heavy atom. The van der Waals surface area contributed by atoms with E-state index in [1.165, 1.54) is 0 Å². The Kier molecular flexibility index (Phi) is 6.13. The van der Waals surface area contributed by atoms with Crippen LogP contribution in [0.25, 0.3) is 5.57 Å². The zero-order valence-electron chi connectivity index (χ0n) is 13.8. The van der Waals surface area contributed by atoms with Gasteiger partial charge in [-0.2, -0.15) is 0 Å². The molecule has 1 rings (SSSR count). The van der Waals surface area contributed by atoms with Gasteiger partial charge in [0.25, 0.3) is 0 Å². The van der Waals surface area contributed by atoms with Crippen LogP contribution in [0.15, 0.2) is 43.5 Å². The summed E-state index contributed by atoms with van der Waals surface area (Å²) >= 11 is 0. The Morgan fingerprint density at radius 3 is 2.61 bits per heavy atom. The highest BCUT2D eigenvalue weighted by atomic mass is 16.5. The summed E-state index contributed by atoms with van der Waals surface area (Å²) in [5.41, 5.74) is 2.22. The lowest BCUT2D eigenvalue weighted by atomic mass is 9.78. The van der Waals surface area contributed by atoms with E-state index >= 15 is 0 Å². The number of hydrogen-bond acceptors (Lipinski definition) is 3. The van der Waals surface area contributed by atoms with Crippen molar-refractivity contribution in [2.75, 3.05) is 6.54 Å². The minimum Gasteiger partial charge on any atom is -0.465 e. The molecule has 5 heteroatoms. The van der Waals surface area contributed by atoms with Gasteiger partial charge in [0.05, 0.1) is 6.54 Å². The molecule has 1 aromatic rings. The van der Waals surface area contributed by atoms with E-state index in [4.69, 9.17) is 9.84 Å². The Bertz CT molecular complexity index is 619. The van der Waals surface area contributed by atoms with E-state index < -0.39 is 23.6 Å². The predicted molar refractivity (Wildman–Crippen MR) is 90.3 cm³/mol. The molecule has 0 aliphatic rings. The Morgan fingerprint density at radius 2 is 2.09 bits per heavy atom. The first-order valence-electron chi connectivity index (χ1n) is 7.24. The van der Waals surface area contributed by atoms with Crippen molar-refractivity contribution in [2.24, 2.45) is 0 Å². The summed E-state index contributed by atoms with van der Waals surface area (Å²) in [4.78, 5) is 22.4. The van der Waals surface area contributed by atoms with E-state index in [0.29, 0.717) is 0 Å². The minimum atomic E-state index is -1.17. The number of nitrogens with one attached hydrogen (secondary N) is 1. The fraction of sp³-hybridized carbons (Fsp3) is 0.333. The van der Waals surface area contributed by atoms with Gasteiger partial charge in [-0.25, -0.2) is 9.59 Å². The summed E-state index contributed by atoms with van der Waals surface area (Å²) in [5, 5.41) is 11.1. The molecule has 1 unspecified atom stereocenters. The van der Waals surface area contributed by atoms with E-state index in [1.54, 1.807) is 0 Å². The summed E-state index contributed by atoms with van der Waals surface area (Å²) in [6.07, 6.45) is -0.783. The zero-order chi connectivity index (χ0) is 17.6. The highest BCUT2D eigenvalue weighted by Gasteiger charge is 2.34. The van der Waals surface area contributed by atoms with Gasteiger partial charge in [-0.1, -0.05) is 56.8 Å². The monoisotopic (exact) mass is 317 g/mol. The summed E-state index contributed by atoms with van der Waals surface area (Å²) in [7, 11) is 0. The molecule has 23 heavy (non-hydrogen) atoms. The third-order valence-corrected chi connectivity index (χ3v) is 3.77. The van der Waals surface area contributed by atoms with Crippen LogP contribution in [0.3, 0.4) is 0 Å². The van der Waals surface area contributed by atoms with E-state index in [2.05, 4.69) is 18.5 Å². The molecule has 0 aromatic heterocycles. The van der Waals surface area contributed by atoms with Gasteiger partial charge in [0.15, 0.2) is 0 Å². The van der Waals surface area contributed by atoms with Crippen LogP contribution in [0.2, 0.25) is 0 Å². The number of rotatable bonds is 7. The first kappa shape index (κ1) is 18.5. The molecule has 0 radical (unpaired) electrons. The van der Waals surface area contributed by atoms with Gasteiger partial charge in [0, 0.05) is 11.5 Å². The van der Waals surface area contributed by atoms with Crippen molar-refractivity contribution in [2.45, 2.75) is 32.3 Å². The van der Waals surface area contributed by atoms with Crippen LogP contribution in [0.5, 0.6) is 0 Å². The van der Waals surface area contributed by atoms with Crippen molar-refractivity contribution in [3.8, 4) is 0 Å². The number of carbonyl (C=O) groups is 2. The van der Waals surface area contributed by atoms with Crippen LogP contribution in [0, 0.1) is 0 Å². The highest BCUT2D eigenvalue weighted by Crippen LogP contribution is 2.31. The van der Waals surface area contributed by atoms with Crippen LogP contribution < -0.4 is 5.32 Å². The van der Waals surface area contributed by atoms with Crippen LogP contribution in [-0.4, -0.2) is 29.8 Å². The second-order valence-electron chi connectivity index (χ2n) is 5.90. The second-order valence-corrected chi connectivity index (χ2v) is 5.90. The number of ether oxygens (including phenoxy) is 1. The lowest BCUT2D eigenvalue weighted by Gasteiger charge is -2.34. The second kappa shape index (κ2) is 7.63. The van der Waals surface area contributed by atoms with Crippen molar-refractivity contribution in [1.29, 1.82) is 0 Å². The third kappa shape index (κ3) is 4.98. The standard InChI is InChI=1S/C18H23NO4/c1-6-16(20)23-15(11-19-17(21)22)18(4,5)14-9-7-8-13(10-14)12(2)3/h6-10,15,19H,1-2,11H2,3-5H3,(H,21,22). The van der Waals surface area contributed by atoms with Crippen molar-refractivity contribution >= 4 is 17.6 Å². The Balaban J connectivity index is 3.16. The molecule has 1 amide bonds. The quantitative estimate of drug-likeness (QED) is 0.597. The molecule has 0 heterocycles. The molecule has 5 nitrogen and oxygen atoms in total. The molecule has 0 saturated carbocycles. The maximum Gasteiger partial charge on any atom is 0.404 e. The Hall–Kier alpha value is -2.56. The van der Waals surface area contributed by atoms with Crippen molar-refractivity contribution in [1.82, 2.24) is 5.32 Å². The number of esters is 1. The molecule has 0 fully saturated rings. The van der Waals surface area contributed by atoms with Crippen molar-refractivity contribution in [3.63, 3.8) is 0 Å². The number of carbonyl (C=O) groups excluding carboxylic acids is 1. The van der Waals surface area contributed by atoms with E-state index in [-0.39, 0.29) is 6.54 Å². The van der Waals surface area contributed by atoms with Crippen molar-refractivity contribution < 1.29 is 19.4 Å². The summed E-state index contributed by atoms with van der Waals surface area (Å²) in [6.45, 7) is 13.0. The molecule has 0 spiro atoms. The molecular formula is C18H23NO4. The van der Waals surface area contributed by atoms with Crippen LogP contribution in [0.1, 0.15) is 31.9 Å². The molecule has 2 N–H and O–H groups in total. The smallest absolute Gasteiger partial charge is 0.404 e. The molecule has 0 saturated heterocycles. The SMILES string of the molecule is C=CC(=O)OC(CNC(=O)O)C(C)(C)c1cccc(C(=C)C)c1. The zero-order valence-corrected chi connectivity index (χ0v) is 13.8. The maximum absolute atomic E-state index is 11.6. The fourth-order valence-corrected chi connectivity index (χ4v) is 2.18. The number of allylic oxidation sites excluding steroid dienone is 1. The lowest BCUT2D eigenvalue weighted by Crippen LogP contribution is -2.45. The van der Waals surface area contributed by atoms with E-state index in [0.717, 1.165) is 22.8 Å². The number of benzene rings is 1. The van der Waals surface area contributed by atoms with Gasteiger partial charge in [-0.05, 0) is 18.1 Å². The van der Waals surface area contributed by atoms with Gasteiger partial charge in [-0.3, -0.25) is 0 Å². The molecule has 1 atom stereocenters. The van der Waals surface area contributed by atoms with Crippen molar-refractivity contribution in [3.05, 3.63) is 54.6 Å². The van der Waals surface area contributed by atoms with Gasteiger partial charge in [0.1, 0.15) is 6.10 Å². The summed E-state index contributed by atoms with van der Waals surface area (Å²) in [6, 6.07) is 7.74. The molecule has 1 aromatic carbocycles. The number of hydrogen-bond donors (Lipinski definition) is 2. The molecule has 124 valence electrons. The van der Waals surface area contributed by atoms with E-state index in [1.807, 2.05) is 45.0 Å². The normalized spacial score (nSPS) is 12.1. The minimum absolute atomic E-state index is 0.0147. The molecule has 0 aliphatic carbocycles.